The van der Waals surface area contributed by atoms with Crippen molar-refractivity contribution in [1.29, 1.82) is 0 Å². The summed E-state index contributed by atoms with van der Waals surface area (Å²) in [5, 5.41) is 9.75. The van der Waals surface area contributed by atoms with Crippen molar-refractivity contribution in [2.45, 2.75) is 70.3 Å². The number of methoxy groups -OCH3 is 1. The Bertz CT molecular complexity index is 1640. The lowest BCUT2D eigenvalue weighted by atomic mass is 9.51. The molecule has 0 radical (unpaired) electrons. The van der Waals surface area contributed by atoms with Crippen LogP contribution in [0.15, 0.2) is 54.6 Å². The smallest absolute Gasteiger partial charge is 0.307 e. The highest BCUT2D eigenvalue weighted by molar-refractivity contribution is 5.85. The standard InChI is InChI=1S/C35H34F4O4/c1-33(2)13-4-5-25(33)23-17-20(6-8-22(23)24-18-21(42-3)7-10-28(24)36)19-43-29-11-9-26-30(31(29)37)34(15-16-35(26,38)39)14-12-27(34)32(40)41/h5-11,17-18,27H,4,12-16,19H2,1-3H3,(H,40,41)/t27-,34-/m1/s1. The van der Waals surface area contributed by atoms with Gasteiger partial charge in [0.2, 0.25) is 0 Å². The number of ether oxygens (including phenoxy) is 2. The van der Waals surface area contributed by atoms with Gasteiger partial charge in [-0.2, -0.15) is 0 Å². The van der Waals surface area contributed by atoms with E-state index in [0.717, 1.165) is 24.0 Å². The number of aliphatic carboxylic acids is 1. The van der Waals surface area contributed by atoms with Gasteiger partial charge in [-0.3, -0.25) is 4.79 Å². The zero-order valence-corrected chi connectivity index (χ0v) is 24.4. The van der Waals surface area contributed by atoms with Gasteiger partial charge in [-0.1, -0.05) is 32.1 Å². The molecule has 8 heteroatoms. The van der Waals surface area contributed by atoms with Crippen molar-refractivity contribution in [2.75, 3.05) is 7.11 Å². The zero-order valence-electron chi connectivity index (χ0n) is 24.4. The monoisotopic (exact) mass is 594 g/mol. The van der Waals surface area contributed by atoms with Gasteiger partial charge in [0, 0.05) is 28.5 Å². The van der Waals surface area contributed by atoms with Crippen LogP contribution in [0.25, 0.3) is 16.7 Å². The largest absolute Gasteiger partial charge is 0.497 e. The first kappa shape index (κ1) is 29.3. The molecule has 0 bridgehead atoms. The van der Waals surface area contributed by atoms with E-state index >= 15 is 8.78 Å². The summed E-state index contributed by atoms with van der Waals surface area (Å²) in [5.41, 5.74) is 1.69. The number of carboxylic acid groups (broad SMARTS) is 1. The van der Waals surface area contributed by atoms with Gasteiger partial charge >= 0.3 is 5.97 Å². The van der Waals surface area contributed by atoms with E-state index in [-0.39, 0.29) is 35.6 Å². The van der Waals surface area contributed by atoms with E-state index in [4.69, 9.17) is 9.47 Å². The molecule has 4 nitrogen and oxygen atoms in total. The van der Waals surface area contributed by atoms with Gasteiger partial charge in [0.05, 0.1) is 13.0 Å². The van der Waals surface area contributed by atoms with Gasteiger partial charge in [0.15, 0.2) is 11.6 Å². The maximum atomic E-state index is 16.1. The number of rotatable bonds is 7. The van der Waals surface area contributed by atoms with Crippen LogP contribution in [0.2, 0.25) is 0 Å². The number of hydrogen-bond acceptors (Lipinski definition) is 3. The van der Waals surface area contributed by atoms with Crippen molar-refractivity contribution in [2.24, 2.45) is 11.3 Å². The van der Waals surface area contributed by atoms with Crippen LogP contribution in [0.5, 0.6) is 11.5 Å². The molecule has 6 rings (SSSR count). The summed E-state index contributed by atoms with van der Waals surface area (Å²) in [6.07, 6.45) is 4.02. The van der Waals surface area contributed by atoms with E-state index in [1.165, 1.54) is 25.3 Å². The first-order valence-electron chi connectivity index (χ1n) is 14.6. The molecule has 1 fully saturated rings. The zero-order chi connectivity index (χ0) is 30.7. The average Bonchev–Trinajstić information content (AvgIpc) is 3.30. The predicted octanol–water partition coefficient (Wildman–Crippen LogP) is 9.04. The maximum absolute atomic E-state index is 16.1. The van der Waals surface area contributed by atoms with Gasteiger partial charge in [0.25, 0.3) is 5.92 Å². The van der Waals surface area contributed by atoms with Crippen molar-refractivity contribution >= 4 is 11.5 Å². The lowest BCUT2D eigenvalue weighted by molar-refractivity contribution is -0.152. The summed E-state index contributed by atoms with van der Waals surface area (Å²) in [6.45, 7) is 4.21. The SMILES string of the molecule is COc1ccc(F)c(-c2ccc(COc3ccc4c(c3F)[C@]3(CC[C@@H]3C(=O)O)CCC4(F)F)cc2C2=CCCC2(C)C)c1. The summed E-state index contributed by atoms with van der Waals surface area (Å²) < 4.78 is 72.2. The van der Waals surface area contributed by atoms with Crippen molar-refractivity contribution < 1.29 is 36.9 Å². The normalized spacial score (nSPS) is 23.3. The number of halogens is 4. The number of allylic oxidation sites excluding steroid dienone is 2. The van der Waals surface area contributed by atoms with E-state index in [0.29, 0.717) is 35.3 Å². The Morgan fingerprint density at radius 3 is 2.40 bits per heavy atom. The summed E-state index contributed by atoms with van der Waals surface area (Å²) in [7, 11) is 1.52. The summed E-state index contributed by atoms with van der Waals surface area (Å²) >= 11 is 0. The van der Waals surface area contributed by atoms with Gasteiger partial charge in [-0.25, -0.2) is 17.6 Å². The van der Waals surface area contributed by atoms with E-state index in [2.05, 4.69) is 19.9 Å². The molecule has 0 saturated heterocycles. The van der Waals surface area contributed by atoms with Gasteiger partial charge in [-0.15, -0.1) is 0 Å². The maximum Gasteiger partial charge on any atom is 0.307 e. The Morgan fingerprint density at radius 2 is 1.74 bits per heavy atom. The van der Waals surface area contributed by atoms with Crippen LogP contribution in [-0.2, 0) is 22.7 Å². The van der Waals surface area contributed by atoms with Crippen molar-refractivity contribution in [1.82, 2.24) is 0 Å². The topological polar surface area (TPSA) is 55.8 Å². The highest BCUT2D eigenvalue weighted by atomic mass is 19.3. The predicted molar refractivity (Wildman–Crippen MR) is 155 cm³/mol. The van der Waals surface area contributed by atoms with E-state index < -0.39 is 41.0 Å². The second-order valence-electron chi connectivity index (χ2n) is 12.6. The molecular formula is C35H34F4O4. The number of carboxylic acids is 1. The minimum Gasteiger partial charge on any atom is -0.497 e. The second-order valence-corrected chi connectivity index (χ2v) is 12.6. The van der Waals surface area contributed by atoms with Crippen LogP contribution in [0.4, 0.5) is 17.6 Å². The fourth-order valence-corrected chi connectivity index (χ4v) is 7.30. The van der Waals surface area contributed by atoms with Crippen LogP contribution < -0.4 is 9.47 Å². The van der Waals surface area contributed by atoms with Crippen molar-refractivity contribution in [3.8, 4) is 22.6 Å². The first-order chi connectivity index (χ1) is 20.4. The third-order valence-electron chi connectivity index (χ3n) is 9.81. The fourth-order valence-electron chi connectivity index (χ4n) is 7.30. The molecule has 3 aliphatic carbocycles. The highest BCUT2D eigenvalue weighted by Gasteiger charge is 2.59. The van der Waals surface area contributed by atoms with E-state index in [1.54, 1.807) is 18.2 Å². The number of benzene rings is 3. The fraction of sp³-hybridized carbons (Fsp3) is 0.400. The molecule has 1 N–H and O–H groups in total. The molecule has 0 unspecified atom stereocenters. The molecule has 0 heterocycles. The third kappa shape index (κ3) is 4.79. The van der Waals surface area contributed by atoms with Gasteiger partial charge < -0.3 is 14.6 Å². The van der Waals surface area contributed by atoms with Crippen LogP contribution in [0.3, 0.4) is 0 Å². The Hall–Kier alpha value is -3.81. The molecule has 0 amide bonds. The Morgan fingerprint density at radius 1 is 0.953 bits per heavy atom. The minimum absolute atomic E-state index is 0.0664. The second kappa shape index (κ2) is 10.4. The van der Waals surface area contributed by atoms with Crippen molar-refractivity contribution in [3.05, 3.63) is 88.5 Å². The molecule has 0 aromatic heterocycles. The molecule has 43 heavy (non-hydrogen) atoms. The van der Waals surface area contributed by atoms with E-state index in [9.17, 15) is 18.7 Å². The van der Waals surface area contributed by atoms with Crippen LogP contribution in [-0.4, -0.2) is 18.2 Å². The van der Waals surface area contributed by atoms with Crippen molar-refractivity contribution in [3.63, 3.8) is 0 Å². The summed E-state index contributed by atoms with van der Waals surface area (Å²) in [5.74, 6) is -6.24. The lowest BCUT2D eigenvalue weighted by Crippen LogP contribution is -2.52. The molecule has 1 spiro atoms. The summed E-state index contributed by atoms with van der Waals surface area (Å²) in [6, 6.07) is 12.5. The Balaban J connectivity index is 1.37. The summed E-state index contributed by atoms with van der Waals surface area (Å²) in [4.78, 5) is 11.9. The Kier molecular flexibility index (Phi) is 7.09. The van der Waals surface area contributed by atoms with E-state index in [1.807, 2.05) is 12.1 Å². The molecule has 0 aliphatic heterocycles. The molecule has 3 aliphatic rings. The van der Waals surface area contributed by atoms with Crippen LogP contribution in [0.1, 0.15) is 74.6 Å². The molecular weight excluding hydrogens is 560 g/mol. The molecule has 1 saturated carbocycles. The first-order valence-corrected chi connectivity index (χ1v) is 14.6. The number of carbonyl (C=O) groups is 1. The lowest BCUT2D eigenvalue weighted by Gasteiger charge is -2.52. The minimum atomic E-state index is -3.25. The third-order valence-corrected chi connectivity index (χ3v) is 9.81. The highest BCUT2D eigenvalue weighted by Crippen LogP contribution is 2.61. The molecule has 226 valence electrons. The molecule has 2 atom stereocenters. The number of hydrogen-bond donors (Lipinski definition) is 1. The molecule has 3 aromatic rings. The Labute approximate surface area is 248 Å². The molecule has 3 aromatic carbocycles. The number of alkyl halides is 2. The van der Waals surface area contributed by atoms with Gasteiger partial charge in [0.1, 0.15) is 18.2 Å². The van der Waals surface area contributed by atoms with Gasteiger partial charge in [-0.05, 0) is 96.2 Å². The van der Waals surface area contributed by atoms with Crippen LogP contribution >= 0.6 is 0 Å². The quantitative estimate of drug-likeness (QED) is 0.277. The average molecular weight is 595 g/mol. The van der Waals surface area contributed by atoms with Crippen LogP contribution in [0, 0.1) is 23.0 Å². The number of fused-ring (bicyclic) bond motifs is 2.